The average Bonchev–Trinajstić information content (AvgIpc) is 2.95. The lowest BCUT2D eigenvalue weighted by Crippen LogP contribution is -2.36. The van der Waals surface area contributed by atoms with Crippen LogP contribution in [-0.2, 0) is 17.6 Å². The van der Waals surface area contributed by atoms with Crippen molar-refractivity contribution in [1.82, 2.24) is 15.1 Å². The molecule has 1 N–H and O–H groups in total. The van der Waals surface area contributed by atoms with Gasteiger partial charge in [-0.15, -0.1) is 0 Å². The minimum absolute atomic E-state index is 0.0855. The van der Waals surface area contributed by atoms with Crippen molar-refractivity contribution in [2.24, 2.45) is 0 Å². The molecule has 1 aliphatic carbocycles. The largest absolute Gasteiger partial charge is 0.383 e. The number of amides is 1. The third-order valence-electron chi connectivity index (χ3n) is 4.26. The second-order valence-corrected chi connectivity index (χ2v) is 6.20. The summed E-state index contributed by atoms with van der Waals surface area (Å²) in [5, 5.41) is 7.47. The molecule has 3 rings (SSSR count). The Balaban J connectivity index is 1.95. The zero-order chi connectivity index (χ0) is 17.1. The Hall–Kier alpha value is -2.21. The van der Waals surface area contributed by atoms with Crippen LogP contribution in [0.2, 0.25) is 0 Å². The van der Waals surface area contributed by atoms with Crippen molar-refractivity contribution in [2.45, 2.75) is 38.6 Å². The number of fused-ring (bicyclic) bond motifs is 1. The van der Waals surface area contributed by atoms with Crippen molar-refractivity contribution in [3.8, 4) is 5.69 Å². The van der Waals surface area contributed by atoms with Gasteiger partial charge in [-0.1, -0.05) is 0 Å². The third-order valence-corrected chi connectivity index (χ3v) is 4.26. The Kier molecular flexibility index (Phi) is 4.94. The maximum absolute atomic E-state index is 13.2. The van der Waals surface area contributed by atoms with Gasteiger partial charge in [-0.05, 0) is 56.9 Å². The quantitative estimate of drug-likeness (QED) is 0.916. The molecule has 1 heterocycles. The summed E-state index contributed by atoms with van der Waals surface area (Å²) < 4.78 is 20.0. The fourth-order valence-corrected chi connectivity index (χ4v) is 3.16. The van der Waals surface area contributed by atoms with Crippen molar-refractivity contribution >= 4 is 5.91 Å². The van der Waals surface area contributed by atoms with Gasteiger partial charge >= 0.3 is 0 Å². The van der Waals surface area contributed by atoms with Crippen molar-refractivity contribution in [3.05, 3.63) is 47.0 Å². The van der Waals surface area contributed by atoms with E-state index in [0.717, 1.165) is 42.6 Å². The zero-order valence-electron chi connectivity index (χ0n) is 14.0. The number of methoxy groups -OCH3 is 1. The molecule has 1 aromatic carbocycles. The van der Waals surface area contributed by atoms with E-state index in [1.54, 1.807) is 23.9 Å². The first-order valence-electron chi connectivity index (χ1n) is 8.26. The maximum Gasteiger partial charge on any atom is 0.272 e. The number of ether oxygens (including phenoxy) is 1. The molecule has 0 spiro atoms. The van der Waals surface area contributed by atoms with E-state index in [1.807, 2.05) is 6.92 Å². The standard InChI is InChI=1S/C18H22FN3O2/c1-12(11-24-2)20-18(23)17-15-5-3-4-6-16(15)22(21-17)14-9-7-13(19)8-10-14/h7-10,12H,3-6,11H2,1-2H3,(H,20,23)/t12-/m1/s1. The first-order chi connectivity index (χ1) is 11.6. The van der Waals surface area contributed by atoms with Crippen LogP contribution in [0.1, 0.15) is 41.5 Å². The lowest BCUT2D eigenvalue weighted by atomic mass is 9.95. The molecule has 1 aromatic heterocycles. The van der Waals surface area contributed by atoms with Gasteiger partial charge in [0.2, 0.25) is 0 Å². The molecule has 0 fully saturated rings. The maximum atomic E-state index is 13.2. The Bertz CT molecular complexity index is 725. The normalized spacial score (nSPS) is 15.0. The molecule has 0 radical (unpaired) electrons. The molecule has 1 amide bonds. The number of benzene rings is 1. The number of rotatable bonds is 5. The zero-order valence-corrected chi connectivity index (χ0v) is 14.0. The Labute approximate surface area is 140 Å². The molecule has 5 nitrogen and oxygen atoms in total. The molecule has 1 aliphatic rings. The highest BCUT2D eigenvalue weighted by Crippen LogP contribution is 2.27. The SMILES string of the molecule is COC[C@@H](C)NC(=O)c1nn(-c2ccc(F)cc2)c2c1CCCC2. The van der Waals surface area contributed by atoms with E-state index in [1.165, 1.54) is 12.1 Å². The van der Waals surface area contributed by atoms with Crippen molar-refractivity contribution in [3.63, 3.8) is 0 Å². The van der Waals surface area contributed by atoms with E-state index in [0.29, 0.717) is 12.3 Å². The number of hydrogen-bond donors (Lipinski definition) is 1. The van der Waals surface area contributed by atoms with E-state index in [9.17, 15) is 9.18 Å². The average molecular weight is 331 g/mol. The number of halogens is 1. The van der Waals surface area contributed by atoms with Gasteiger partial charge in [-0.3, -0.25) is 4.79 Å². The van der Waals surface area contributed by atoms with Gasteiger partial charge in [-0.25, -0.2) is 9.07 Å². The summed E-state index contributed by atoms with van der Waals surface area (Å²) in [6, 6.07) is 6.11. The molecule has 0 aliphatic heterocycles. The van der Waals surface area contributed by atoms with Crippen LogP contribution < -0.4 is 5.32 Å². The molecule has 2 aromatic rings. The summed E-state index contributed by atoms with van der Waals surface area (Å²) in [5.41, 5.74) is 3.31. The monoisotopic (exact) mass is 331 g/mol. The number of carbonyl (C=O) groups excluding carboxylic acids is 1. The fourth-order valence-electron chi connectivity index (χ4n) is 3.16. The van der Waals surface area contributed by atoms with Crippen molar-refractivity contribution in [1.29, 1.82) is 0 Å². The van der Waals surface area contributed by atoms with E-state index in [4.69, 9.17) is 4.74 Å². The fraction of sp³-hybridized carbons (Fsp3) is 0.444. The Morgan fingerprint density at radius 3 is 2.75 bits per heavy atom. The molecule has 24 heavy (non-hydrogen) atoms. The van der Waals surface area contributed by atoms with Gasteiger partial charge in [0.05, 0.1) is 12.3 Å². The molecule has 0 saturated heterocycles. The molecule has 1 atom stereocenters. The number of carbonyl (C=O) groups is 1. The van der Waals surface area contributed by atoms with Gasteiger partial charge in [0.1, 0.15) is 5.82 Å². The molecule has 0 unspecified atom stereocenters. The first-order valence-corrected chi connectivity index (χ1v) is 8.26. The van der Waals surface area contributed by atoms with Crippen molar-refractivity contribution < 1.29 is 13.9 Å². The highest BCUT2D eigenvalue weighted by Gasteiger charge is 2.26. The summed E-state index contributed by atoms with van der Waals surface area (Å²) >= 11 is 0. The predicted molar refractivity (Wildman–Crippen MR) is 89.0 cm³/mol. The molecule has 0 saturated carbocycles. The van der Waals surface area contributed by atoms with Crippen LogP contribution in [0.15, 0.2) is 24.3 Å². The van der Waals surface area contributed by atoms with Gasteiger partial charge < -0.3 is 10.1 Å². The van der Waals surface area contributed by atoms with E-state index < -0.39 is 0 Å². The van der Waals surface area contributed by atoms with Crippen LogP contribution in [-0.4, -0.2) is 35.4 Å². The van der Waals surface area contributed by atoms with Gasteiger partial charge in [0.15, 0.2) is 5.69 Å². The molecule has 0 bridgehead atoms. The van der Waals surface area contributed by atoms with Gasteiger partial charge in [0, 0.05) is 24.4 Å². The van der Waals surface area contributed by atoms with E-state index in [-0.39, 0.29) is 17.8 Å². The van der Waals surface area contributed by atoms with Crippen LogP contribution in [0.4, 0.5) is 4.39 Å². The lowest BCUT2D eigenvalue weighted by molar-refractivity contribution is 0.0899. The highest BCUT2D eigenvalue weighted by molar-refractivity contribution is 5.94. The number of nitrogens with zero attached hydrogens (tertiary/aromatic N) is 2. The van der Waals surface area contributed by atoms with Crippen LogP contribution in [0.25, 0.3) is 5.69 Å². The molecular formula is C18H22FN3O2. The highest BCUT2D eigenvalue weighted by atomic mass is 19.1. The number of nitrogens with one attached hydrogen (secondary N) is 1. The summed E-state index contributed by atoms with van der Waals surface area (Å²) in [7, 11) is 1.60. The minimum atomic E-state index is -0.286. The second-order valence-electron chi connectivity index (χ2n) is 6.20. The van der Waals surface area contributed by atoms with Crippen molar-refractivity contribution in [2.75, 3.05) is 13.7 Å². The van der Waals surface area contributed by atoms with E-state index >= 15 is 0 Å². The van der Waals surface area contributed by atoms with Crippen LogP contribution in [0.5, 0.6) is 0 Å². The summed E-state index contributed by atoms with van der Waals surface area (Å²) in [6.07, 6.45) is 3.84. The lowest BCUT2D eigenvalue weighted by Gasteiger charge is -2.15. The molecule has 128 valence electrons. The molecule has 6 heteroatoms. The summed E-state index contributed by atoms with van der Waals surface area (Å²) in [6.45, 7) is 2.34. The first kappa shape index (κ1) is 16.6. The Morgan fingerprint density at radius 1 is 1.33 bits per heavy atom. The van der Waals surface area contributed by atoms with E-state index in [2.05, 4.69) is 10.4 Å². The second kappa shape index (κ2) is 7.13. The smallest absolute Gasteiger partial charge is 0.272 e. The topological polar surface area (TPSA) is 56.1 Å². The third kappa shape index (κ3) is 3.33. The summed E-state index contributed by atoms with van der Waals surface area (Å²) in [5.74, 6) is -0.468. The predicted octanol–water partition coefficient (Wildman–Crippen LogP) is 2.65. The Morgan fingerprint density at radius 2 is 2.04 bits per heavy atom. The van der Waals surface area contributed by atoms with Crippen LogP contribution >= 0.6 is 0 Å². The van der Waals surface area contributed by atoms with Gasteiger partial charge in [0.25, 0.3) is 5.91 Å². The van der Waals surface area contributed by atoms with Crippen LogP contribution in [0, 0.1) is 5.82 Å². The molecular weight excluding hydrogens is 309 g/mol. The minimum Gasteiger partial charge on any atom is -0.383 e. The number of hydrogen-bond acceptors (Lipinski definition) is 3. The van der Waals surface area contributed by atoms with Crippen LogP contribution in [0.3, 0.4) is 0 Å². The summed E-state index contributed by atoms with van der Waals surface area (Å²) in [4.78, 5) is 12.6. The number of aromatic nitrogens is 2. The van der Waals surface area contributed by atoms with Gasteiger partial charge in [-0.2, -0.15) is 5.10 Å².